The van der Waals surface area contributed by atoms with Crippen molar-refractivity contribution in [1.29, 1.82) is 0 Å². The maximum atomic E-state index is 6.13. The van der Waals surface area contributed by atoms with Crippen molar-refractivity contribution >= 4 is 0 Å². The molecule has 0 N–H and O–H groups in total. The number of allylic oxidation sites excluding steroid dienone is 1. The highest BCUT2D eigenvalue weighted by atomic mass is 16.5. The first kappa shape index (κ1) is 17.0. The van der Waals surface area contributed by atoms with Crippen molar-refractivity contribution in [2.75, 3.05) is 45.9 Å². The molecular formula is C19H30N2O. The summed E-state index contributed by atoms with van der Waals surface area (Å²) in [6, 6.07) is 4.41. The van der Waals surface area contributed by atoms with Crippen molar-refractivity contribution in [3.8, 4) is 5.75 Å². The van der Waals surface area contributed by atoms with Crippen LogP contribution in [0, 0.1) is 13.8 Å². The van der Waals surface area contributed by atoms with E-state index in [1.54, 1.807) is 0 Å². The van der Waals surface area contributed by atoms with Gasteiger partial charge in [-0.3, -0.25) is 4.90 Å². The fourth-order valence-electron chi connectivity index (χ4n) is 3.16. The van der Waals surface area contributed by atoms with Crippen LogP contribution in [0.3, 0.4) is 0 Å². The summed E-state index contributed by atoms with van der Waals surface area (Å²) in [4.78, 5) is 5.01. The van der Waals surface area contributed by atoms with Crippen LogP contribution in [0.15, 0.2) is 24.8 Å². The SMILES string of the molecule is C=CCc1cc(C)cc(C)c1OCCN1CCN(CC)CC1. The van der Waals surface area contributed by atoms with E-state index in [0.717, 1.165) is 45.0 Å². The lowest BCUT2D eigenvalue weighted by Crippen LogP contribution is -2.47. The fraction of sp³-hybridized carbons (Fsp3) is 0.579. The van der Waals surface area contributed by atoms with Gasteiger partial charge in [0.25, 0.3) is 0 Å². The van der Waals surface area contributed by atoms with Crippen molar-refractivity contribution in [3.05, 3.63) is 41.5 Å². The molecule has 1 heterocycles. The molecule has 0 aromatic heterocycles. The monoisotopic (exact) mass is 302 g/mol. The lowest BCUT2D eigenvalue weighted by Gasteiger charge is -2.33. The minimum Gasteiger partial charge on any atom is -0.492 e. The van der Waals surface area contributed by atoms with E-state index >= 15 is 0 Å². The Labute approximate surface area is 135 Å². The van der Waals surface area contributed by atoms with Crippen LogP contribution in [-0.4, -0.2) is 55.7 Å². The van der Waals surface area contributed by atoms with Gasteiger partial charge in [0.15, 0.2) is 0 Å². The van der Waals surface area contributed by atoms with Gasteiger partial charge in [0.05, 0.1) is 0 Å². The van der Waals surface area contributed by atoms with E-state index in [-0.39, 0.29) is 0 Å². The molecule has 0 amide bonds. The number of hydrogen-bond acceptors (Lipinski definition) is 3. The standard InChI is InChI=1S/C19H30N2O/c1-5-7-18-15-16(3)14-17(4)19(18)22-13-12-21-10-8-20(6-2)9-11-21/h5,14-15H,1,6-13H2,2-4H3. The van der Waals surface area contributed by atoms with Crippen LogP contribution in [0.5, 0.6) is 5.75 Å². The van der Waals surface area contributed by atoms with E-state index in [2.05, 4.69) is 49.3 Å². The van der Waals surface area contributed by atoms with Crippen molar-refractivity contribution < 1.29 is 4.74 Å². The van der Waals surface area contributed by atoms with Crippen LogP contribution >= 0.6 is 0 Å². The largest absolute Gasteiger partial charge is 0.492 e. The lowest BCUT2D eigenvalue weighted by molar-refractivity contribution is 0.120. The van der Waals surface area contributed by atoms with E-state index in [9.17, 15) is 0 Å². The lowest BCUT2D eigenvalue weighted by atomic mass is 10.0. The second-order valence-electron chi connectivity index (χ2n) is 6.19. The second kappa shape index (κ2) is 8.35. The zero-order valence-electron chi connectivity index (χ0n) is 14.4. The average Bonchev–Trinajstić information content (AvgIpc) is 2.50. The summed E-state index contributed by atoms with van der Waals surface area (Å²) in [5.41, 5.74) is 3.77. The second-order valence-corrected chi connectivity index (χ2v) is 6.19. The summed E-state index contributed by atoms with van der Waals surface area (Å²) in [7, 11) is 0. The summed E-state index contributed by atoms with van der Waals surface area (Å²) in [5.74, 6) is 1.05. The Bertz CT molecular complexity index is 490. The minimum atomic E-state index is 0.764. The molecule has 1 aliphatic heterocycles. The Morgan fingerprint density at radius 1 is 1.14 bits per heavy atom. The molecule has 0 unspecified atom stereocenters. The first-order valence-electron chi connectivity index (χ1n) is 8.42. The van der Waals surface area contributed by atoms with Gasteiger partial charge in [0.1, 0.15) is 12.4 Å². The Balaban J connectivity index is 1.88. The minimum absolute atomic E-state index is 0.764. The molecule has 1 aromatic rings. The highest BCUT2D eigenvalue weighted by molar-refractivity contribution is 5.44. The van der Waals surface area contributed by atoms with Crippen LogP contribution in [-0.2, 0) is 6.42 Å². The zero-order chi connectivity index (χ0) is 15.9. The van der Waals surface area contributed by atoms with Gasteiger partial charge in [0, 0.05) is 32.7 Å². The number of benzene rings is 1. The number of nitrogens with zero attached hydrogens (tertiary/aromatic N) is 2. The topological polar surface area (TPSA) is 15.7 Å². The number of rotatable bonds is 7. The smallest absolute Gasteiger partial charge is 0.125 e. The van der Waals surface area contributed by atoms with Gasteiger partial charge in [-0.1, -0.05) is 30.7 Å². The maximum Gasteiger partial charge on any atom is 0.125 e. The van der Waals surface area contributed by atoms with Gasteiger partial charge in [-0.2, -0.15) is 0 Å². The first-order chi connectivity index (χ1) is 10.6. The molecule has 3 heteroatoms. The average molecular weight is 302 g/mol. The van der Waals surface area contributed by atoms with Gasteiger partial charge >= 0.3 is 0 Å². The highest BCUT2D eigenvalue weighted by Gasteiger charge is 2.15. The molecule has 3 nitrogen and oxygen atoms in total. The molecule has 2 rings (SSSR count). The molecule has 1 aromatic carbocycles. The van der Waals surface area contributed by atoms with E-state index in [4.69, 9.17) is 4.74 Å². The Morgan fingerprint density at radius 2 is 1.82 bits per heavy atom. The van der Waals surface area contributed by atoms with Crippen molar-refractivity contribution in [3.63, 3.8) is 0 Å². The molecule has 22 heavy (non-hydrogen) atoms. The Morgan fingerprint density at radius 3 is 2.45 bits per heavy atom. The Hall–Kier alpha value is -1.32. The predicted octanol–water partition coefficient (Wildman–Crippen LogP) is 3.05. The van der Waals surface area contributed by atoms with Gasteiger partial charge < -0.3 is 9.64 Å². The number of likely N-dealkylation sites (N-methyl/N-ethyl adjacent to an activating group) is 1. The summed E-state index contributed by atoms with van der Waals surface area (Å²) >= 11 is 0. The maximum absolute atomic E-state index is 6.13. The third-order valence-electron chi connectivity index (χ3n) is 4.43. The summed E-state index contributed by atoms with van der Waals surface area (Å²) in [6.07, 6.45) is 2.82. The predicted molar refractivity (Wildman–Crippen MR) is 93.9 cm³/mol. The normalized spacial score (nSPS) is 16.7. The molecule has 0 atom stereocenters. The van der Waals surface area contributed by atoms with Gasteiger partial charge in [-0.15, -0.1) is 6.58 Å². The van der Waals surface area contributed by atoms with Gasteiger partial charge in [-0.05, 0) is 37.9 Å². The van der Waals surface area contributed by atoms with Crippen molar-refractivity contribution in [2.45, 2.75) is 27.2 Å². The third-order valence-corrected chi connectivity index (χ3v) is 4.43. The Kier molecular flexibility index (Phi) is 6.47. The van der Waals surface area contributed by atoms with Crippen LogP contribution in [0.4, 0.5) is 0 Å². The molecule has 122 valence electrons. The molecule has 0 saturated carbocycles. The van der Waals surface area contributed by atoms with Gasteiger partial charge in [-0.25, -0.2) is 0 Å². The van der Waals surface area contributed by atoms with Gasteiger partial charge in [0.2, 0.25) is 0 Å². The van der Waals surface area contributed by atoms with Crippen molar-refractivity contribution in [1.82, 2.24) is 9.80 Å². The van der Waals surface area contributed by atoms with E-state index in [1.165, 1.54) is 29.8 Å². The molecule has 0 spiro atoms. The van der Waals surface area contributed by atoms with E-state index in [1.807, 2.05) is 6.08 Å². The molecule has 0 aliphatic carbocycles. The summed E-state index contributed by atoms with van der Waals surface area (Å²) in [6.45, 7) is 18.0. The number of hydrogen-bond donors (Lipinski definition) is 0. The van der Waals surface area contributed by atoms with E-state index < -0.39 is 0 Å². The van der Waals surface area contributed by atoms with Crippen LogP contribution in [0.1, 0.15) is 23.6 Å². The van der Waals surface area contributed by atoms with Crippen LogP contribution < -0.4 is 4.74 Å². The quantitative estimate of drug-likeness (QED) is 0.720. The highest BCUT2D eigenvalue weighted by Crippen LogP contribution is 2.26. The molecule has 0 radical (unpaired) electrons. The molecule has 0 bridgehead atoms. The first-order valence-corrected chi connectivity index (χ1v) is 8.42. The molecule has 1 fully saturated rings. The fourth-order valence-corrected chi connectivity index (χ4v) is 3.16. The third kappa shape index (κ3) is 4.59. The summed E-state index contributed by atoms with van der Waals surface area (Å²) < 4.78 is 6.13. The molecular weight excluding hydrogens is 272 g/mol. The van der Waals surface area contributed by atoms with Crippen molar-refractivity contribution in [2.24, 2.45) is 0 Å². The van der Waals surface area contributed by atoms with Crippen LogP contribution in [0.25, 0.3) is 0 Å². The number of piperazine rings is 1. The van der Waals surface area contributed by atoms with Crippen LogP contribution in [0.2, 0.25) is 0 Å². The molecule has 1 saturated heterocycles. The number of ether oxygens (including phenoxy) is 1. The van der Waals surface area contributed by atoms with E-state index in [0.29, 0.717) is 0 Å². The zero-order valence-corrected chi connectivity index (χ0v) is 14.4. The number of aryl methyl sites for hydroxylation is 2. The summed E-state index contributed by atoms with van der Waals surface area (Å²) in [5, 5.41) is 0. The molecule has 1 aliphatic rings.